The van der Waals surface area contributed by atoms with Crippen molar-refractivity contribution in [3.63, 3.8) is 0 Å². The number of nitrogens with zero attached hydrogens (tertiary/aromatic N) is 5. The fourth-order valence-corrected chi connectivity index (χ4v) is 4.72. The highest BCUT2D eigenvalue weighted by atomic mass is 19.1. The third kappa shape index (κ3) is 3.76. The van der Waals surface area contributed by atoms with E-state index in [9.17, 15) is 18.8 Å². The second kappa shape index (κ2) is 8.68. The molecule has 192 valence electrons. The molecule has 3 aromatic heterocycles. The SMILES string of the molecule is CC1(C)C(=O)Nc2nc(-c3nn(Cc4ccccc4F)c4ncccc34)nc(C(=O)NC3CCOC3=O)c21. The van der Waals surface area contributed by atoms with Gasteiger partial charge in [-0.15, -0.1) is 0 Å². The van der Waals surface area contributed by atoms with E-state index in [4.69, 9.17) is 4.74 Å². The van der Waals surface area contributed by atoms with Crippen LogP contribution in [0.15, 0.2) is 42.6 Å². The topological polar surface area (TPSA) is 141 Å². The second-order valence-electron chi connectivity index (χ2n) is 9.65. The number of hydrogen-bond acceptors (Lipinski definition) is 8. The summed E-state index contributed by atoms with van der Waals surface area (Å²) < 4.78 is 20.9. The molecule has 5 heterocycles. The Morgan fingerprint density at radius 3 is 2.79 bits per heavy atom. The average molecular weight is 516 g/mol. The summed E-state index contributed by atoms with van der Waals surface area (Å²) in [6.07, 6.45) is 1.93. The third-order valence-electron chi connectivity index (χ3n) is 6.79. The van der Waals surface area contributed by atoms with Gasteiger partial charge in [-0.1, -0.05) is 18.2 Å². The minimum Gasteiger partial charge on any atom is -0.464 e. The number of cyclic esters (lactones) is 1. The molecule has 0 aliphatic carbocycles. The maximum Gasteiger partial charge on any atom is 0.328 e. The lowest BCUT2D eigenvalue weighted by Crippen LogP contribution is -2.40. The Bertz CT molecular complexity index is 1650. The fourth-order valence-electron chi connectivity index (χ4n) is 4.72. The van der Waals surface area contributed by atoms with Gasteiger partial charge in [0, 0.05) is 23.7 Å². The number of pyridine rings is 1. The lowest BCUT2D eigenvalue weighted by molar-refractivity contribution is -0.139. The summed E-state index contributed by atoms with van der Waals surface area (Å²) in [5.41, 5.74) is 0.378. The summed E-state index contributed by atoms with van der Waals surface area (Å²) >= 11 is 0. The standard InChI is InChI=1S/C26H22FN7O4/c1-26(2)17-19(23(35)29-16-9-11-38-24(16)36)30-21(31-20(17)32-25(26)37)18-14-7-5-10-28-22(14)34(33-18)12-13-6-3-4-8-15(13)27/h3-8,10,16H,9,11-12H2,1-2H3,(H,29,35)(H,30,31,32,37). The van der Waals surface area contributed by atoms with E-state index in [1.165, 1.54) is 10.7 Å². The van der Waals surface area contributed by atoms with Crippen molar-refractivity contribution in [2.45, 2.75) is 38.3 Å². The molecule has 1 aromatic carbocycles. The van der Waals surface area contributed by atoms with Crippen molar-refractivity contribution in [3.8, 4) is 11.5 Å². The molecule has 2 N–H and O–H groups in total. The minimum absolute atomic E-state index is 0.0475. The molecule has 0 saturated carbocycles. The first kappa shape index (κ1) is 23.6. The predicted octanol–water partition coefficient (Wildman–Crippen LogP) is 2.35. The van der Waals surface area contributed by atoms with Crippen LogP contribution >= 0.6 is 0 Å². The molecule has 12 heteroatoms. The van der Waals surface area contributed by atoms with Gasteiger partial charge in [-0.25, -0.2) is 28.8 Å². The molecule has 2 aliphatic heterocycles. The molecule has 4 aromatic rings. The monoisotopic (exact) mass is 515 g/mol. The molecule has 38 heavy (non-hydrogen) atoms. The van der Waals surface area contributed by atoms with E-state index in [2.05, 4.69) is 30.7 Å². The van der Waals surface area contributed by atoms with Crippen LogP contribution in [0.2, 0.25) is 0 Å². The van der Waals surface area contributed by atoms with Crippen LogP contribution < -0.4 is 10.6 Å². The molecule has 1 fully saturated rings. The highest BCUT2D eigenvalue weighted by molar-refractivity contribution is 6.09. The average Bonchev–Trinajstić information content (AvgIpc) is 3.54. The Hall–Kier alpha value is -4.74. The van der Waals surface area contributed by atoms with Crippen molar-refractivity contribution in [1.82, 2.24) is 30.0 Å². The molecule has 1 unspecified atom stereocenters. The van der Waals surface area contributed by atoms with Crippen molar-refractivity contribution >= 4 is 34.6 Å². The van der Waals surface area contributed by atoms with Crippen LogP contribution in [-0.4, -0.2) is 55.2 Å². The number of fused-ring (bicyclic) bond motifs is 2. The summed E-state index contributed by atoms with van der Waals surface area (Å²) in [5, 5.41) is 10.6. The second-order valence-corrected chi connectivity index (χ2v) is 9.65. The summed E-state index contributed by atoms with van der Waals surface area (Å²) in [4.78, 5) is 51.7. The van der Waals surface area contributed by atoms with Gasteiger partial charge < -0.3 is 15.4 Å². The van der Waals surface area contributed by atoms with E-state index in [-0.39, 0.29) is 42.2 Å². The van der Waals surface area contributed by atoms with Crippen molar-refractivity contribution < 1.29 is 23.5 Å². The number of benzene rings is 1. The molecule has 0 radical (unpaired) electrons. The van der Waals surface area contributed by atoms with E-state index in [1.54, 1.807) is 50.4 Å². The number of carbonyl (C=O) groups is 3. The number of carbonyl (C=O) groups excluding carboxylic acids is 3. The lowest BCUT2D eigenvalue weighted by Gasteiger charge is -2.18. The number of nitrogens with one attached hydrogen (secondary N) is 2. The Balaban J connectivity index is 1.49. The van der Waals surface area contributed by atoms with Crippen molar-refractivity contribution in [2.75, 3.05) is 11.9 Å². The van der Waals surface area contributed by atoms with Crippen LogP contribution in [0.1, 0.15) is 41.9 Å². The molecule has 0 spiro atoms. The van der Waals surface area contributed by atoms with E-state index in [0.29, 0.717) is 34.3 Å². The Morgan fingerprint density at radius 1 is 1.21 bits per heavy atom. The van der Waals surface area contributed by atoms with Gasteiger partial charge >= 0.3 is 5.97 Å². The van der Waals surface area contributed by atoms with Gasteiger partial charge in [0.2, 0.25) is 5.91 Å². The molecular weight excluding hydrogens is 493 g/mol. The van der Waals surface area contributed by atoms with Crippen LogP contribution in [0, 0.1) is 5.82 Å². The van der Waals surface area contributed by atoms with Gasteiger partial charge in [0.25, 0.3) is 5.91 Å². The van der Waals surface area contributed by atoms with Crippen molar-refractivity contribution in [3.05, 3.63) is 65.2 Å². The quantitative estimate of drug-likeness (QED) is 0.386. The number of anilines is 1. The highest BCUT2D eigenvalue weighted by Crippen LogP contribution is 2.39. The fraction of sp³-hybridized carbons (Fsp3) is 0.269. The largest absolute Gasteiger partial charge is 0.464 e. The molecular formula is C26H22FN7O4. The number of halogens is 1. The zero-order valence-electron chi connectivity index (χ0n) is 20.5. The molecule has 1 saturated heterocycles. The van der Waals surface area contributed by atoms with Crippen LogP contribution in [0.3, 0.4) is 0 Å². The lowest BCUT2D eigenvalue weighted by atomic mass is 9.85. The van der Waals surface area contributed by atoms with Gasteiger partial charge in [0.1, 0.15) is 29.1 Å². The maximum atomic E-state index is 14.4. The van der Waals surface area contributed by atoms with Gasteiger partial charge in [-0.05, 0) is 32.0 Å². The first-order chi connectivity index (χ1) is 18.2. The first-order valence-corrected chi connectivity index (χ1v) is 12.0. The summed E-state index contributed by atoms with van der Waals surface area (Å²) in [6, 6.07) is 9.05. The van der Waals surface area contributed by atoms with Gasteiger partial charge in [0.05, 0.1) is 24.0 Å². The number of rotatable bonds is 5. The van der Waals surface area contributed by atoms with Gasteiger partial charge in [-0.3, -0.25) is 9.59 Å². The molecule has 0 bridgehead atoms. The summed E-state index contributed by atoms with van der Waals surface area (Å²) in [5.74, 6) is -1.62. The summed E-state index contributed by atoms with van der Waals surface area (Å²) in [7, 11) is 0. The van der Waals surface area contributed by atoms with E-state index in [0.717, 1.165) is 0 Å². The molecule has 6 rings (SSSR count). The zero-order valence-corrected chi connectivity index (χ0v) is 20.5. The molecule has 11 nitrogen and oxygen atoms in total. The smallest absolute Gasteiger partial charge is 0.328 e. The Labute approximate surface area is 215 Å². The van der Waals surface area contributed by atoms with E-state index < -0.39 is 23.3 Å². The van der Waals surface area contributed by atoms with Gasteiger partial charge in [-0.2, -0.15) is 5.10 Å². The number of esters is 1. The minimum atomic E-state index is -1.09. The van der Waals surface area contributed by atoms with Crippen LogP contribution in [0.25, 0.3) is 22.6 Å². The molecule has 2 aliphatic rings. The molecule has 2 amide bonds. The van der Waals surface area contributed by atoms with Crippen LogP contribution in [0.4, 0.5) is 10.2 Å². The normalized spacial score (nSPS) is 17.8. The first-order valence-electron chi connectivity index (χ1n) is 12.0. The van der Waals surface area contributed by atoms with Gasteiger partial charge in [0.15, 0.2) is 11.5 Å². The maximum absolute atomic E-state index is 14.4. The van der Waals surface area contributed by atoms with Crippen molar-refractivity contribution in [1.29, 1.82) is 0 Å². The number of amides is 2. The third-order valence-corrected chi connectivity index (χ3v) is 6.79. The Morgan fingerprint density at radius 2 is 2.03 bits per heavy atom. The number of aromatic nitrogens is 5. The van der Waals surface area contributed by atoms with Crippen molar-refractivity contribution in [2.24, 2.45) is 0 Å². The Kier molecular flexibility index (Phi) is 5.40. The number of ether oxygens (including phenoxy) is 1. The van der Waals surface area contributed by atoms with E-state index >= 15 is 0 Å². The summed E-state index contributed by atoms with van der Waals surface area (Å²) in [6.45, 7) is 3.65. The zero-order chi connectivity index (χ0) is 26.6. The predicted molar refractivity (Wildman–Crippen MR) is 133 cm³/mol. The highest BCUT2D eigenvalue weighted by Gasteiger charge is 2.44. The molecule has 1 atom stereocenters. The number of hydrogen-bond donors (Lipinski definition) is 2. The van der Waals surface area contributed by atoms with E-state index in [1.807, 2.05) is 0 Å². The van der Waals surface area contributed by atoms with Crippen LogP contribution in [0.5, 0.6) is 0 Å². The van der Waals surface area contributed by atoms with Crippen LogP contribution in [-0.2, 0) is 26.3 Å².